The normalized spacial score (nSPS) is 11.1. The molecule has 0 saturated heterocycles. The Kier molecular flexibility index (Phi) is 9.43. The topological polar surface area (TPSA) is 52.0 Å². The number of hydrogen-bond acceptors (Lipinski definition) is 2. The van der Waals surface area contributed by atoms with E-state index < -0.39 is 0 Å². The van der Waals surface area contributed by atoms with Gasteiger partial charge in [-0.15, -0.1) is 0 Å². The van der Waals surface area contributed by atoms with E-state index in [-0.39, 0.29) is 0 Å². The maximum absolute atomic E-state index is 5.88. The zero-order chi connectivity index (χ0) is 26.0. The molecule has 4 aromatic rings. The van der Waals surface area contributed by atoms with Gasteiger partial charge in [0.2, 0.25) is 0 Å². The van der Waals surface area contributed by atoms with Crippen LogP contribution >= 0.6 is 0 Å². The minimum absolute atomic E-state index is 0.847. The van der Waals surface area contributed by atoms with Crippen molar-refractivity contribution in [2.45, 2.75) is 71.6 Å². The highest BCUT2D eigenvalue weighted by molar-refractivity contribution is 5.45. The number of unbranched alkanes of at least 4 members (excludes halogenated alkanes) is 2. The molecule has 0 bridgehead atoms. The molecule has 2 heteroatoms. The van der Waals surface area contributed by atoms with Crippen LogP contribution in [0.2, 0.25) is 0 Å². The predicted octanol–water partition coefficient (Wildman–Crippen LogP) is 7.99. The second-order valence-corrected chi connectivity index (χ2v) is 10.6. The smallest absolute Gasteiger partial charge is 0.0316 e. The van der Waals surface area contributed by atoms with Crippen molar-refractivity contribution in [3.63, 3.8) is 0 Å². The van der Waals surface area contributed by atoms with Crippen molar-refractivity contribution >= 4 is 11.4 Å². The Morgan fingerprint density at radius 3 is 1.11 bits per heavy atom. The van der Waals surface area contributed by atoms with Gasteiger partial charge in [-0.05, 0) is 134 Å². The summed E-state index contributed by atoms with van der Waals surface area (Å²) in [4.78, 5) is 0. The number of hydrogen-bond donors (Lipinski definition) is 2. The molecule has 0 fully saturated rings. The highest BCUT2D eigenvalue weighted by Crippen LogP contribution is 2.18. The first-order valence-electron chi connectivity index (χ1n) is 13.8. The lowest BCUT2D eigenvalue weighted by Crippen LogP contribution is -1.96. The Balaban J connectivity index is 1.12. The average molecular weight is 491 g/mol. The van der Waals surface area contributed by atoms with Crippen molar-refractivity contribution in [3.8, 4) is 0 Å². The van der Waals surface area contributed by atoms with Gasteiger partial charge in [0.25, 0.3) is 0 Å². The third kappa shape index (κ3) is 8.25. The van der Waals surface area contributed by atoms with Crippen LogP contribution in [-0.4, -0.2) is 0 Å². The first kappa shape index (κ1) is 26.5. The molecule has 4 aromatic carbocycles. The summed E-state index contributed by atoms with van der Waals surface area (Å²) in [6.07, 6.45) is 10.4. The van der Waals surface area contributed by atoms with Crippen LogP contribution < -0.4 is 11.5 Å². The molecule has 0 aromatic heterocycles. The molecule has 0 amide bonds. The van der Waals surface area contributed by atoms with Gasteiger partial charge in [-0.1, -0.05) is 67.1 Å². The standard InChI is InChI=1S/C35H42N2/c1-26-24-34(36)22-20-32(26)18-16-30-12-8-28(9-13-30)6-4-3-5-7-29-10-14-31(15-11-29)17-19-33-21-23-35(37)25-27(33)2/h8-15,20-25H,3-7,16-19,36-37H2,1-2H3. The Morgan fingerprint density at radius 2 is 0.757 bits per heavy atom. The summed E-state index contributed by atoms with van der Waals surface area (Å²) < 4.78 is 0. The van der Waals surface area contributed by atoms with Gasteiger partial charge < -0.3 is 11.5 Å². The van der Waals surface area contributed by atoms with Crippen LogP contribution in [0.4, 0.5) is 11.4 Å². The summed E-state index contributed by atoms with van der Waals surface area (Å²) in [5, 5.41) is 0. The lowest BCUT2D eigenvalue weighted by Gasteiger charge is -2.08. The Bertz CT molecular complexity index is 1170. The van der Waals surface area contributed by atoms with E-state index in [2.05, 4.69) is 86.6 Å². The van der Waals surface area contributed by atoms with Crippen LogP contribution in [0.25, 0.3) is 0 Å². The second kappa shape index (κ2) is 13.1. The highest BCUT2D eigenvalue weighted by Gasteiger charge is 2.03. The molecule has 0 unspecified atom stereocenters. The van der Waals surface area contributed by atoms with E-state index in [1.165, 1.54) is 76.6 Å². The van der Waals surface area contributed by atoms with Crippen LogP contribution in [0.15, 0.2) is 84.9 Å². The number of anilines is 2. The predicted molar refractivity (Wildman–Crippen MR) is 160 cm³/mol. The summed E-state index contributed by atoms with van der Waals surface area (Å²) in [6, 6.07) is 31.0. The number of rotatable bonds is 12. The van der Waals surface area contributed by atoms with Crippen LogP contribution in [-0.2, 0) is 38.5 Å². The first-order valence-corrected chi connectivity index (χ1v) is 13.8. The molecular weight excluding hydrogens is 448 g/mol. The third-order valence-corrected chi connectivity index (χ3v) is 7.58. The monoisotopic (exact) mass is 490 g/mol. The van der Waals surface area contributed by atoms with Crippen molar-refractivity contribution in [2.24, 2.45) is 0 Å². The third-order valence-electron chi connectivity index (χ3n) is 7.58. The number of benzene rings is 4. The van der Waals surface area contributed by atoms with Crippen LogP contribution in [0.5, 0.6) is 0 Å². The molecule has 0 aliphatic heterocycles. The second-order valence-electron chi connectivity index (χ2n) is 10.6. The molecule has 37 heavy (non-hydrogen) atoms. The first-order chi connectivity index (χ1) is 18.0. The van der Waals surface area contributed by atoms with Crippen molar-refractivity contribution in [1.29, 1.82) is 0 Å². The van der Waals surface area contributed by atoms with Crippen molar-refractivity contribution in [1.82, 2.24) is 0 Å². The highest BCUT2D eigenvalue weighted by atomic mass is 14.5. The summed E-state index contributed by atoms with van der Waals surface area (Å²) in [6.45, 7) is 4.30. The van der Waals surface area contributed by atoms with Crippen molar-refractivity contribution in [2.75, 3.05) is 11.5 Å². The number of nitrogens with two attached hydrogens (primary N) is 2. The van der Waals surface area contributed by atoms with Gasteiger partial charge in [0.15, 0.2) is 0 Å². The van der Waals surface area contributed by atoms with Crippen LogP contribution in [0, 0.1) is 13.8 Å². The minimum atomic E-state index is 0.847. The lowest BCUT2D eigenvalue weighted by molar-refractivity contribution is 0.678. The molecule has 0 heterocycles. The summed E-state index contributed by atoms with van der Waals surface area (Å²) in [5.74, 6) is 0. The Labute approximate surface area is 223 Å². The molecule has 0 spiro atoms. The minimum Gasteiger partial charge on any atom is -0.399 e. The van der Waals surface area contributed by atoms with Gasteiger partial charge in [0, 0.05) is 11.4 Å². The largest absolute Gasteiger partial charge is 0.399 e. The zero-order valence-electron chi connectivity index (χ0n) is 22.6. The molecule has 0 aliphatic carbocycles. The SMILES string of the molecule is Cc1cc(N)ccc1CCc1ccc(CCCCCc2ccc(CCc3ccc(N)cc3C)cc2)cc1. The van der Waals surface area contributed by atoms with E-state index in [1.54, 1.807) is 0 Å². The lowest BCUT2D eigenvalue weighted by atomic mass is 9.97. The zero-order valence-corrected chi connectivity index (χ0v) is 22.6. The Hall–Kier alpha value is -3.52. The van der Waals surface area contributed by atoms with Crippen molar-refractivity contribution in [3.05, 3.63) is 129 Å². The summed E-state index contributed by atoms with van der Waals surface area (Å²) in [7, 11) is 0. The molecule has 0 atom stereocenters. The molecule has 0 aliphatic rings. The van der Waals surface area contributed by atoms with Gasteiger partial charge in [-0.25, -0.2) is 0 Å². The van der Waals surface area contributed by atoms with E-state index in [0.29, 0.717) is 0 Å². The fraction of sp³-hybridized carbons (Fsp3) is 0.314. The van der Waals surface area contributed by atoms with E-state index in [9.17, 15) is 0 Å². The van der Waals surface area contributed by atoms with Crippen LogP contribution in [0.1, 0.15) is 63.8 Å². The number of aryl methyl sites for hydroxylation is 8. The maximum Gasteiger partial charge on any atom is 0.0316 e. The molecule has 4 N–H and O–H groups in total. The van der Waals surface area contributed by atoms with Gasteiger partial charge >= 0.3 is 0 Å². The van der Waals surface area contributed by atoms with E-state index in [0.717, 1.165) is 37.1 Å². The van der Waals surface area contributed by atoms with Gasteiger partial charge in [-0.2, -0.15) is 0 Å². The molecule has 2 nitrogen and oxygen atoms in total. The van der Waals surface area contributed by atoms with Crippen molar-refractivity contribution < 1.29 is 0 Å². The van der Waals surface area contributed by atoms with Gasteiger partial charge in [0.1, 0.15) is 0 Å². The van der Waals surface area contributed by atoms with E-state index in [1.807, 2.05) is 12.1 Å². The van der Waals surface area contributed by atoms with Gasteiger partial charge in [-0.3, -0.25) is 0 Å². The fourth-order valence-corrected chi connectivity index (χ4v) is 5.14. The molecule has 192 valence electrons. The maximum atomic E-state index is 5.88. The van der Waals surface area contributed by atoms with Gasteiger partial charge in [0.05, 0.1) is 0 Å². The fourth-order valence-electron chi connectivity index (χ4n) is 5.14. The van der Waals surface area contributed by atoms with Crippen LogP contribution in [0.3, 0.4) is 0 Å². The van der Waals surface area contributed by atoms with E-state index in [4.69, 9.17) is 11.5 Å². The average Bonchev–Trinajstić information content (AvgIpc) is 2.89. The molecule has 0 saturated carbocycles. The van der Waals surface area contributed by atoms with E-state index >= 15 is 0 Å². The Morgan fingerprint density at radius 1 is 0.405 bits per heavy atom. The number of nitrogen functional groups attached to an aromatic ring is 2. The summed E-state index contributed by atoms with van der Waals surface area (Å²) in [5.41, 5.74) is 24.5. The quantitative estimate of drug-likeness (QED) is 0.156. The molecular formula is C35H42N2. The molecule has 4 rings (SSSR count). The molecule has 0 radical (unpaired) electrons. The summed E-state index contributed by atoms with van der Waals surface area (Å²) >= 11 is 0.